The van der Waals surface area contributed by atoms with Gasteiger partial charge in [-0.3, -0.25) is 4.79 Å². The summed E-state index contributed by atoms with van der Waals surface area (Å²) in [5.41, 5.74) is -1.98. The van der Waals surface area contributed by atoms with Crippen LogP contribution in [0.15, 0.2) is 33.5 Å². The fraction of sp³-hybridized carbons (Fsp3) is 0.444. The van der Waals surface area contributed by atoms with Crippen molar-refractivity contribution in [2.45, 2.75) is 68.3 Å². The van der Waals surface area contributed by atoms with Gasteiger partial charge in [0.2, 0.25) is 34.7 Å². The maximum absolute atomic E-state index is 13.6. The highest BCUT2D eigenvalue weighted by molar-refractivity contribution is 5.95. The second-order valence-electron chi connectivity index (χ2n) is 10.4. The van der Waals surface area contributed by atoms with Crippen LogP contribution in [0.2, 0.25) is 0 Å². The zero-order valence-electron chi connectivity index (χ0n) is 22.7. The maximum Gasteiger partial charge on any atom is 0.239 e. The lowest BCUT2D eigenvalue weighted by molar-refractivity contribution is -0.318. The second kappa shape index (κ2) is 11.9. The van der Waals surface area contributed by atoms with Crippen molar-refractivity contribution >= 4 is 11.0 Å². The predicted octanol–water partition coefficient (Wildman–Crippen LogP) is -1.98. The number of rotatable bonds is 6. The van der Waals surface area contributed by atoms with Crippen LogP contribution in [0.25, 0.3) is 22.3 Å². The molecule has 0 unspecified atom stereocenters. The van der Waals surface area contributed by atoms with Crippen LogP contribution in [0, 0.1) is 0 Å². The molecule has 2 saturated heterocycles. The molecule has 3 aromatic rings. The summed E-state index contributed by atoms with van der Waals surface area (Å²) in [5, 5.41) is 111. The van der Waals surface area contributed by atoms with Gasteiger partial charge < -0.3 is 79.5 Å². The van der Waals surface area contributed by atoms with E-state index in [0.717, 1.165) is 0 Å². The Kier molecular flexibility index (Phi) is 8.51. The lowest BCUT2D eigenvalue weighted by Crippen LogP contribution is -2.61. The highest BCUT2D eigenvalue weighted by Gasteiger charge is 2.48. The largest absolute Gasteiger partial charge is 0.508 e. The van der Waals surface area contributed by atoms with Crippen LogP contribution in [-0.2, 0) is 14.2 Å². The molecule has 17 heteroatoms. The van der Waals surface area contributed by atoms with Gasteiger partial charge in [-0.2, -0.15) is 0 Å². The Hall–Kier alpha value is -3.91. The normalized spacial score (nSPS) is 32.5. The monoisotopic (exact) mass is 626 g/mol. The molecule has 240 valence electrons. The Bertz CT molecular complexity index is 1570. The van der Waals surface area contributed by atoms with Gasteiger partial charge in [0.1, 0.15) is 53.9 Å². The number of benzene rings is 2. The van der Waals surface area contributed by atoms with Gasteiger partial charge in [-0.05, 0) is 31.2 Å². The molecule has 0 radical (unpaired) electrons. The van der Waals surface area contributed by atoms with Crippen molar-refractivity contribution < 1.29 is 79.5 Å². The molecule has 2 fully saturated rings. The summed E-state index contributed by atoms with van der Waals surface area (Å²) < 4.78 is 27.6. The van der Waals surface area contributed by atoms with E-state index in [1.807, 2.05) is 0 Å². The van der Waals surface area contributed by atoms with E-state index in [2.05, 4.69) is 0 Å². The van der Waals surface area contributed by atoms with Crippen molar-refractivity contribution in [2.24, 2.45) is 0 Å². The van der Waals surface area contributed by atoms with Crippen molar-refractivity contribution in [1.82, 2.24) is 0 Å². The first kappa shape index (κ1) is 31.5. The molecular formula is C27H30O17. The minimum atomic E-state index is -2.02. The average Bonchev–Trinajstić information content (AvgIpc) is 3.00. The van der Waals surface area contributed by atoms with Crippen LogP contribution in [0.5, 0.6) is 34.5 Å². The Labute approximate surface area is 246 Å². The van der Waals surface area contributed by atoms with Gasteiger partial charge >= 0.3 is 0 Å². The smallest absolute Gasteiger partial charge is 0.239 e. The lowest BCUT2D eigenvalue weighted by Gasteiger charge is -2.42. The molecule has 5 rings (SSSR count). The van der Waals surface area contributed by atoms with E-state index in [9.17, 15) is 61.0 Å². The Morgan fingerprint density at radius 2 is 1.30 bits per heavy atom. The van der Waals surface area contributed by atoms with E-state index in [-0.39, 0.29) is 11.3 Å². The van der Waals surface area contributed by atoms with Crippen molar-refractivity contribution in [3.63, 3.8) is 0 Å². The number of aromatic hydroxyl groups is 5. The Morgan fingerprint density at radius 3 is 1.95 bits per heavy atom. The third-order valence-electron chi connectivity index (χ3n) is 7.46. The van der Waals surface area contributed by atoms with Crippen molar-refractivity contribution in [3.05, 3.63) is 34.5 Å². The van der Waals surface area contributed by atoms with Crippen LogP contribution in [-0.4, -0.2) is 124 Å². The van der Waals surface area contributed by atoms with E-state index in [1.54, 1.807) is 0 Å². The number of hydrogen-bond donors (Lipinski definition) is 11. The number of phenols is 5. The van der Waals surface area contributed by atoms with Crippen LogP contribution in [0.4, 0.5) is 0 Å². The summed E-state index contributed by atoms with van der Waals surface area (Å²) in [4.78, 5) is 13.6. The van der Waals surface area contributed by atoms with Crippen molar-refractivity contribution in [2.75, 3.05) is 6.61 Å². The minimum absolute atomic E-state index is 0.0346. The number of phenolic OH excluding ortho intramolecular Hbond substituents is 5. The zero-order chi connectivity index (χ0) is 32.2. The Morgan fingerprint density at radius 1 is 0.705 bits per heavy atom. The molecule has 0 spiro atoms. The van der Waals surface area contributed by atoms with Gasteiger partial charge in [-0.1, -0.05) is 0 Å². The second-order valence-corrected chi connectivity index (χ2v) is 10.4. The van der Waals surface area contributed by atoms with Crippen LogP contribution in [0.1, 0.15) is 6.92 Å². The number of hydrogen-bond acceptors (Lipinski definition) is 17. The number of fused-ring (bicyclic) bond motifs is 1. The van der Waals surface area contributed by atoms with Gasteiger partial charge in [-0.15, -0.1) is 0 Å². The van der Waals surface area contributed by atoms with Crippen molar-refractivity contribution in [1.29, 1.82) is 0 Å². The third kappa shape index (κ3) is 5.34. The van der Waals surface area contributed by atoms with Gasteiger partial charge in [0.15, 0.2) is 23.4 Å². The highest BCUT2D eigenvalue weighted by atomic mass is 16.7. The summed E-state index contributed by atoms with van der Waals surface area (Å²) in [7, 11) is 0. The topological polar surface area (TPSA) is 290 Å². The fourth-order valence-corrected chi connectivity index (χ4v) is 4.87. The van der Waals surface area contributed by atoms with E-state index in [1.165, 1.54) is 31.2 Å². The minimum Gasteiger partial charge on any atom is -0.508 e. The van der Waals surface area contributed by atoms with E-state index in [4.69, 9.17) is 23.4 Å². The first-order valence-electron chi connectivity index (χ1n) is 13.2. The standard InChI is InChI=1S/C27H30O17/c1-7-12(29)16(33)21(38)26(41-7)40-6-10-13(30)17(34)22(39)27(42-10)44-25-15(32)11-14(31)18(35)19(36)20(37)24(11)43-23(25)8-2-4-9(28)5-3-8/h2-5,7,10,12-13,16-17,21-22,26-31,33-39H,6H2,1H3/t7-,10+,12-,13+,16+,17-,21-,22+,26+,27-/m0/s1. The van der Waals surface area contributed by atoms with E-state index in [0.29, 0.717) is 0 Å². The quantitative estimate of drug-likeness (QED) is 0.104. The molecule has 0 saturated carbocycles. The van der Waals surface area contributed by atoms with Gasteiger partial charge in [0, 0.05) is 5.56 Å². The summed E-state index contributed by atoms with van der Waals surface area (Å²) in [6.07, 6.45) is -16.5. The summed E-state index contributed by atoms with van der Waals surface area (Å²) in [5.74, 6) is -6.21. The van der Waals surface area contributed by atoms with Gasteiger partial charge in [0.25, 0.3) is 0 Å². The molecule has 17 nitrogen and oxygen atoms in total. The number of aliphatic hydroxyl groups is 6. The molecule has 3 heterocycles. The predicted molar refractivity (Wildman–Crippen MR) is 142 cm³/mol. The van der Waals surface area contributed by atoms with Crippen LogP contribution in [0.3, 0.4) is 0 Å². The molecular weight excluding hydrogens is 596 g/mol. The maximum atomic E-state index is 13.6. The SMILES string of the molecule is C[C@@H]1O[C@@H](OC[C@H]2O[C@@H](Oc3c(-c4ccc(O)cc4)oc4c(O)c(O)c(O)c(O)c4c3=O)[C@H](O)[C@@H](O)[C@@H]2O)[C@@H](O)[C@H](O)[C@H]1O. The summed E-state index contributed by atoms with van der Waals surface area (Å²) in [6.45, 7) is 0.770. The molecule has 2 aromatic carbocycles. The van der Waals surface area contributed by atoms with Crippen LogP contribution >= 0.6 is 0 Å². The van der Waals surface area contributed by atoms with Crippen molar-refractivity contribution in [3.8, 4) is 45.8 Å². The molecule has 0 aliphatic carbocycles. The van der Waals surface area contributed by atoms with Crippen LogP contribution < -0.4 is 10.2 Å². The molecule has 0 amide bonds. The fourth-order valence-electron chi connectivity index (χ4n) is 4.87. The van der Waals surface area contributed by atoms with Gasteiger partial charge in [-0.25, -0.2) is 0 Å². The molecule has 2 aliphatic heterocycles. The van der Waals surface area contributed by atoms with Gasteiger partial charge in [0.05, 0.1) is 12.7 Å². The number of ether oxygens (including phenoxy) is 4. The zero-order valence-corrected chi connectivity index (χ0v) is 22.7. The highest BCUT2D eigenvalue weighted by Crippen LogP contribution is 2.49. The lowest BCUT2D eigenvalue weighted by atomic mass is 9.98. The van der Waals surface area contributed by atoms with E-state index < -0.39 is 119 Å². The summed E-state index contributed by atoms with van der Waals surface area (Å²) in [6, 6.07) is 4.93. The molecule has 10 atom stereocenters. The summed E-state index contributed by atoms with van der Waals surface area (Å²) >= 11 is 0. The molecule has 11 N–H and O–H groups in total. The number of aliphatic hydroxyl groups excluding tert-OH is 6. The Balaban J connectivity index is 1.51. The first-order valence-corrected chi connectivity index (χ1v) is 13.2. The van der Waals surface area contributed by atoms with E-state index >= 15 is 0 Å². The first-order chi connectivity index (χ1) is 20.7. The molecule has 2 aliphatic rings. The molecule has 0 bridgehead atoms. The molecule has 44 heavy (non-hydrogen) atoms. The molecule has 1 aromatic heterocycles. The average molecular weight is 627 g/mol. The third-order valence-corrected chi connectivity index (χ3v) is 7.46.